The van der Waals surface area contributed by atoms with Gasteiger partial charge in [-0.2, -0.15) is 18.2 Å². The molecule has 30 heavy (non-hydrogen) atoms. The average Bonchev–Trinajstić information content (AvgIpc) is 3.17. The number of anilines is 1. The maximum absolute atomic E-state index is 12.5. The Balaban J connectivity index is 1.62. The molecule has 10 nitrogen and oxygen atoms in total. The number of nitrogens with zero attached hydrogens (tertiary/aromatic N) is 2. The van der Waals surface area contributed by atoms with Gasteiger partial charge in [0.2, 0.25) is 0 Å². The summed E-state index contributed by atoms with van der Waals surface area (Å²) in [6.45, 7) is 0.723. The standard InChI is InChI=1S/C16H15F3N4O6S/c17-16(18,19)30(26,27)15-22-14(23-29-15)21-12(24)9-4-6-10(7-5-9)28-13(25)11-3-1-2-8-20-11/h4-7,11,20H,1-3,8H2,(H,21,23,24). The van der Waals surface area contributed by atoms with Crippen LogP contribution in [0.1, 0.15) is 29.6 Å². The van der Waals surface area contributed by atoms with E-state index in [1.165, 1.54) is 24.3 Å². The third-order valence-corrected chi connectivity index (χ3v) is 5.33. The van der Waals surface area contributed by atoms with E-state index in [1.54, 1.807) is 0 Å². The first kappa shape index (κ1) is 21.7. The zero-order chi connectivity index (χ0) is 21.9. The molecule has 1 amide bonds. The molecule has 162 valence electrons. The lowest BCUT2D eigenvalue weighted by Crippen LogP contribution is -2.42. The van der Waals surface area contributed by atoms with Gasteiger partial charge < -0.3 is 14.6 Å². The molecule has 1 fully saturated rings. The van der Waals surface area contributed by atoms with Crippen LogP contribution in [0.2, 0.25) is 0 Å². The van der Waals surface area contributed by atoms with Gasteiger partial charge in [0.25, 0.3) is 11.9 Å². The molecule has 1 saturated heterocycles. The number of benzene rings is 1. The molecule has 3 rings (SSSR count). The molecule has 1 unspecified atom stereocenters. The normalized spacial score (nSPS) is 17.4. The van der Waals surface area contributed by atoms with Gasteiger partial charge in [-0.3, -0.25) is 10.1 Å². The van der Waals surface area contributed by atoms with Crippen molar-refractivity contribution < 1.29 is 40.4 Å². The molecule has 0 saturated carbocycles. The van der Waals surface area contributed by atoms with Crippen LogP contribution in [-0.2, 0) is 14.6 Å². The molecule has 2 heterocycles. The third kappa shape index (κ3) is 4.76. The van der Waals surface area contributed by atoms with Gasteiger partial charge in [-0.1, -0.05) is 6.42 Å². The fraction of sp³-hybridized carbons (Fsp3) is 0.375. The van der Waals surface area contributed by atoms with E-state index in [4.69, 9.17) is 4.74 Å². The van der Waals surface area contributed by atoms with Gasteiger partial charge in [-0.25, -0.2) is 13.2 Å². The van der Waals surface area contributed by atoms with Crippen molar-refractivity contribution >= 4 is 27.7 Å². The van der Waals surface area contributed by atoms with Crippen molar-refractivity contribution in [3.8, 4) is 5.75 Å². The number of hydrogen-bond donors (Lipinski definition) is 2. The van der Waals surface area contributed by atoms with Crippen LogP contribution in [0.3, 0.4) is 0 Å². The molecule has 0 bridgehead atoms. The van der Waals surface area contributed by atoms with E-state index in [2.05, 4.69) is 20.0 Å². The summed E-state index contributed by atoms with van der Waals surface area (Å²) in [5, 5.41) is 6.36. The SMILES string of the molecule is O=C(Nc1noc(S(=O)(=O)C(F)(F)F)n1)c1ccc(OC(=O)C2CCCCN2)cc1. The minimum absolute atomic E-state index is 0.0237. The van der Waals surface area contributed by atoms with Crippen molar-refractivity contribution in [1.29, 1.82) is 0 Å². The zero-order valence-electron chi connectivity index (χ0n) is 15.1. The van der Waals surface area contributed by atoms with Crippen LogP contribution in [0.25, 0.3) is 0 Å². The van der Waals surface area contributed by atoms with E-state index in [1.807, 2.05) is 5.32 Å². The number of nitrogens with one attached hydrogen (secondary N) is 2. The van der Waals surface area contributed by atoms with Gasteiger partial charge in [-0.05, 0) is 48.8 Å². The Hall–Kier alpha value is -3.00. The van der Waals surface area contributed by atoms with Crippen molar-refractivity contribution in [2.45, 2.75) is 36.0 Å². The molecule has 0 aliphatic carbocycles. The van der Waals surface area contributed by atoms with Gasteiger partial charge in [0.1, 0.15) is 11.8 Å². The van der Waals surface area contributed by atoms with Gasteiger partial charge in [0.05, 0.1) is 0 Å². The second-order valence-electron chi connectivity index (χ2n) is 6.24. The van der Waals surface area contributed by atoms with Crippen LogP contribution in [0.15, 0.2) is 34.0 Å². The van der Waals surface area contributed by atoms with E-state index in [9.17, 15) is 31.2 Å². The molecule has 2 aromatic rings. The molecule has 14 heteroatoms. The van der Waals surface area contributed by atoms with Crippen LogP contribution >= 0.6 is 0 Å². The van der Waals surface area contributed by atoms with E-state index in [-0.39, 0.29) is 11.3 Å². The summed E-state index contributed by atoms with van der Waals surface area (Å²) in [7, 11) is -5.83. The summed E-state index contributed by atoms with van der Waals surface area (Å²) in [4.78, 5) is 27.2. The largest absolute Gasteiger partial charge is 0.506 e. The number of carbonyl (C=O) groups excluding carboxylic acids is 2. The summed E-state index contributed by atoms with van der Waals surface area (Å²) >= 11 is 0. The maximum Gasteiger partial charge on any atom is 0.506 e. The number of alkyl halides is 3. The molecular weight excluding hydrogens is 433 g/mol. The Labute approximate surface area is 167 Å². The fourth-order valence-electron chi connectivity index (χ4n) is 2.56. The number of hydrogen-bond acceptors (Lipinski definition) is 9. The maximum atomic E-state index is 12.5. The molecule has 1 aliphatic heterocycles. The number of halogens is 3. The molecule has 1 aliphatic rings. The summed E-state index contributed by atoms with van der Waals surface area (Å²) in [5.41, 5.74) is -5.60. The van der Waals surface area contributed by atoms with Crippen molar-refractivity contribution in [1.82, 2.24) is 15.5 Å². The molecule has 0 radical (unpaired) electrons. The van der Waals surface area contributed by atoms with Gasteiger partial charge in [-0.15, -0.1) is 0 Å². The number of piperidine rings is 1. The van der Waals surface area contributed by atoms with Crippen LogP contribution < -0.4 is 15.4 Å². The molecular formula is C16H15F3N4O6S. The number of ether oxygens (including phenoxy) is 1. The smallest absolute Gasteiger partial charge is 0.425 e. The lowest BCUT2D eigenvalue weighted by molar-refractivity contribution is -0.137. The highest BCUT2D eigenvalue weighted by atomic mass is 32.2. The highest BCUT2D eigenvalue weighted by molar-refractivity contribution is 7.92. The second kappa shape index (κ2) is 8.39. The quantitative estimate of drug-likeness (QED) is 0.516. The molecule has 1 aromatic carbocycles. The van der Waals surface area contributed by atoms with E-state index in [0.717, 1.165) is 19.4 Å². The zero-order valence-corrected chi connectivity index (χ0v) is 15.9. The first-order valence-electron chi connectivity index (χ1n) is 8.59. The molecule has 2 N–H and O–H groups in total. The average molecular weight is 448 g/mol. The van der Waals surface area contributed by atoms with Crippen molar-refractivity contribution in [2.24, 2.45) is 0 Å². The number of sulfone groups is 1. The first-order chi connectivity index (χ1) is 14.1. The van der Waals surface area contributed by atoms with Gasteiger partial charge >= 0.3 is 26.5 Å². The minimum atomic E-state index is -5.83. The highest BCUT2D eigenvalue weighted by Crippen LogP contribution is 2.29. The number of carbonyl (C=O) groups is 2. The lowest BCUT2D eigenvalue weighted by Gasteiger charge is -2.21. The van der Waals surface area contributed by atoms with E-state index in [0.29, 0.717) is 6.42 Å². The summed E-state index contributed by atoms with van der Waals surface area (Å²) in [6, 6.07) is 4.89. The van der Waals surface area contributed by atoms with Crippen LogP contribution in [0.5, 0.6) is 5.75 Å². The molecule has 1 atom stereocenters. The number of amides is 1. The van der Waals surface area contributed by atoms with E-state index >= 15 is 0 Å². The Morgan fingerprint density at radius 2 is 1.90 bits per heavy atom. The van der Waals surface area contributed by atoms with Crippen molar-refractivity contribution in [3.63, 3.8) is 0 Å². The Morgan fingerprint density at radius 1 is 1.20 bits per heavy atom. The van der Waals surface area contributed by atoms with Crippen LogP contribution in [0, 0.1) is 0 Å². The van der Waals surface area contributed by atoms with Crippen LogP contribution in [0.4, 0.5) is 19.1 Å². The monoisotopic (exact) mass is 448 g/mol. The lowest BCUT2D eigenvalue weighted by atomic mass is 10.1. The third-order valence-electron chi connectivity index (χ3n) is 4.10. The van der Waals surface area contributed by atoms with Crippen molar-refractivity contribution in [3.05, 3.63) is 29.8 Å². The second-order valence-corrected chi connectivity index (χ2v) is 8.05. The number of esters is 1. The van der Waals surface area contributed by atoms with Crippen LogP contribution in [-0.4, -0.2) is 48.5 Å². The summed E-state index contributed by atoms with van der Waals surface area (Å²) < 4.78 is 69.0. The van der Waals surface area contributed by atoms with Gasteiger partial charge in [0, 0.05) is 5.56 Å². The van der Waals surface area contributed by atoms with Gasteiger partial charge in [0.15, 0.2) is 0 Å². The minimum Gasteiger partial charge on any atom is -0.425 e. The van der Waals surface area contributed by atoms with E-state index < -0.39 is 44.4 Å². The molecule has 0 spiro atoms. The topological polar surface area (TPSA) is 140 Å². The Kier molecular flexibility index (Phi) is 6.07. The van der Waals surface area contributed by atoms with Crippen molar-refractivity contribution in [2.75, 3.05) is 11.9 Å². The Morgan fingerprint density at radius 3 is 2.50 bits per heavy atom. The number of rotatable bonds is 5. The Bertz CT molecular complexity index is 1030. The predicted molar refractivity (Wildman–Crippen MR) is 93.2 cm³/mol. The predicted octanol–water partition coefficient (Wildman–Crippen LogP) is 1.66. The molecule has 1 aromatic heterocycles. The highest BCUT2D eigenvalue weighted by Gasteiger charge is 2.51. The summed E-state index contributed by atoms with van der Waals surface area (Å²) in [5.74, 6) is -1.86. The fourth-order valence-corrected chi connectivity index (χ4v) is 3.10. The number of aromatic nitrogens is 2. The summed E-state index contributed by atoms with van der Waals surface area (Å²) in [6.07, 6.45) is 2.56. The first-order valence-corrected chi connectivity index (χ1v) is 10.1.